The van der Waals surface area contributed by atoms with Gasteiger partial charge < -0.3 is 0 Å². The number of hydrogen-bond donors (Lipinski definition) is 0. The van der Waals surface area contributed by atoms with Crippen LogP contribution in [0.25, 0.3) is 0 Å². The third kappa shape index (κ3) is 3.89. The molecular weight excluding hydrogens is 316 g/mol. The molecule has 120 valence electrons. The van der Waals surface area contributed by atoms with Crippen LogP contribution in [0.2, 0.25) is 0 Å². The topological polar surface area (TPSA) is 42.9 Å². The Hall–Kier alpha value is -2.46. The van der Waals surface area contributed by atoms with Gasteiger partial charge in [0.2, 0.25) is 0 Å². The summed E-state index contributed by atoms with van der Waals surface area (Å²) in [6.45, 7) is 3.88. The van der Waals surface area contributed by atoms with Gasteiger partial charge in [0.1, 0.15) is 5.25 Å². The molecule has 0 unspecified atom stereocenters. The molecule has 1 atom stereocenters. The fraction of sp³-hybridized carbons (Fsp3) is 0.150. The average Bonchev–Trinajstić information content (AvgIpc) is 2.60. The highest BCUT2D eigenvalue weighted by atomic mass is 32.2. The second kappa shape index (κ2) is 7.41. The smallest absolute Gasteiger partial charge is 0.189 e. The van der Waals surface area contributed by atoms with Crippen molar-refractivity contribution in [3.05, 3.63) is 89.2 Å². The van der Waals surface area contributed by atoms with Gasteiger partial charge in [0.05, 0.1) is 0 Å². The molecular formula is C20H18N2OS. The van der Waals surface area contributed by atoms with Crippen molar-refractivity contribution in [2.24, 2.45) is 0 Å². The fourth-order valence-corrected chi connectivity index (χ4v) is 3.65. The number of ketones is 1. The largest absolute Gasteiger partial charge is 0.293 e. The van der Waals surface area contributed by atoms with Gasteiger partial charge in [-0.25, -0.2) is 9.97 Å². The van der Waals surface area contributed by atoms with Crippen molar-refractivity contribution >= 4 is 17.5 Å². The normalized spacial score (nSPS) is 11.9. The SMILES string of the molecule is Cc1cc(C)nc(S[C@H](C(=O)c2ccccc2)c2ccccc2)n1. The van der Waals surface area contributed by atoms with Gasteiger partial charge in [-0.1, -0.05) is 72.4 Å². The van der Waals surface area contributed by atoms with Crippen LogP contribution in [0.4, 0.5) is 0 Å². The van der Waals surface area contributed by atoms with Crippen LogP contribution in [0.15, 0.2) is 71.9 Å². The van der Waals surface area contributed by atoms with E-state index in [1.165, 1.54) is 11.8 Å². The van der Waals surface area contributed by atoms with Gasteiger partial charge in [-0.15, -0.1) is 0 Å². The molecule has 0 radical (unpaired) electrons. The van der Waals surface area contributed by atoms with Crippen molar-refractivity contribution in [2.45, 2.75) is 24.3 Å². The minimum atomic E-state index is -0.366. The number of aromatic nitrogens is 2. The van der Waals surface area contributed by atoms with E-state index in [-0.39, 0.29) is 11.0 Å². The van der Waals surface area contributed by atoms with E-state index in [2.05, 4.69) is 9.97 Å². The molecule has 0 fully saturated rings. The maximum Gasteiger partial charge on any atom is 0.189 e. The maximum atomic E-state index is 13.0. The third-order valence-corrected chi connectivity index (χ3v) is 4.70. The van der Waals surface area contributed by atoms with Crippen molar-refractivity contribution in [1.29, 1.82) is 0 Å². The number of benzene rings is 2. The second-order valence-corrected chi connectivity index (χ2v) is 6.64. The Labute approximate surface area is 146 Å². The first-order valence-electron chi connectivity index (χ1n) is 7.76. The molecule has 0 amide bonds. The maximum absolute atomic E-state index is 13.0. The molecule has 3 nitrogen and oxygen atoms in total. The summed E-state index contributed by atoms with van der Waals surface area (Å²) in [5.74, 6) is 0.0644. The van der Waals surface area contributed by atoms with Crippen molar-refractivity contribution < 1.29 is 4.79 Å². The molecule has 1 aromatic heterocycles. The predicted octanol–water partition coefficient (Wildman–Crippen LogP) is 4.81. The summed E-state index contributed by atoms with van der Waals surface area (Å²) >= 11 is 1.40. The number of aryl methyl sites for hydroxylation is 2. The monoisotopic (exact) mass is 334 g/mol. The summed E-state index contributed by atoms with van der Waals surface area (Å²) in [6, 6.07) is 21.1. The minimum absolute atomic E-state index is 0.0644. The average molecular weight is 334 g/mol. The highest BCUT2D eigenvalue weighted by Crippen LogP contribution is 2.36. The number of hydrogen-bond acceptors (Lipinski definition) is 4. The molecule has 24 heavy (non-hydrogen) atoms. The zero-order chi connectivity index (χ0) is 16.9. The van der Waals surface area contributed by atoms with E-state index in [9.17, 15) is 4.79 Å². The third-order valence-electron chi connectivity index (χ3n) is 3.58. The van der Waals surface area contributed by atoms with E-state index in [0.29, 0.717) is 10.7 Å². The molecule has 0 aliphatic rings. The predicted molar refractivity (Wildman–Crippen MR) is 97.3 cm³/mol. The molecule has 4 heteroatoms. The summed E-state index contributed by atoms with van der Waals surface area (Å²) in [4.78, 5) is 22.0. The van der Waals surface area contributed by atoms with Gasteiger partial charge in [0.15, 0.2) is 10.9 Å². The highest BCUT2D eigenvalue weighted by Gasteiger charge is 2.24. The van der Waals surface area contributed by atoms with Crippen LogP contribution in [0.3, 0.4) is 0 Å². The summed E-state index contributed by atoms with van der Waals surface area (Å²) < 4.78 is 0. The first-order valence-corrected chi connectivity index (χ1v) is 8.64. The summed E-state index contributed by atoms with van der Waals surface area (Å²) in [6.07, 6.45) is 0. The standard InChI is InChI=1S/C20H18N2OS/c1-14-13-15(2)22-20(21-14)24-19(17-11-7-4-8-12-17)18(23)16-9-5-3-6-10-16/h3-13,19H,1-2H3/t19-/m0/s1. The number of carbonyl (C=O) groups excluding carboxylic acids is 1. The summed E-state index contributed by atoms with van der Waals surface area (Å²) in [5, 5.41) is 0.264. The Morgan fingerprint density at radius 3 is 2.00 bits per heavy atom. The van der Waals surface area contributed by atoms with Gasteiger partial charge in [-0.05, 0) is 25.5 Å². The summed E-state index contributed by atoms with van der Waals surface area (Å²) in [7, 11) is 0. The van der Waals surface area contributed by atoms with Gasteiger partial charge in [0, 0.05) is 17.0 Å². The van der Waals surface area contributed by atoms with Crippen LogP contribution < -0.4 is 0 Å². The second-order valence-electron chi connectivity index (χ2n) is 5.57. The molecule has 0 aliphatic heterocycles. The Bertz CT molecular complexity index is 815. The van der Waals surface area contributed by atoms with Crippen molar-refractivity contribution in [1.82, 2.24) is 9.97 Å². The van der Waals surface area contributed by atoms with Crippen molar-refractivity contribution in [3.8, 4) is 0 Å². The number of thioether (sulfide) groups is 1. The lowest BCUT2D eigenvalue weighted by Crippen LogP contribution is -2.11. The number of nitrogens with zero attached hydrogens (tertiary/aromatic N) is 2. The summed E-state index contributed by atoms with van der Waals surface area (Å²) in [5.41, 5.74) is 3.47. The molecule has 0 saturated heterocycles. The lowest BCUT2D eigenvalue weighted by molar-refractivity contribution is 0.0989. The van der Waals surface area contributed by atoms with Crippen LogP contribution in [-0.2, 0) is 0 Å². The number of carbonyl (C=O) groups is 1. The van der Waals surface area contributed by atoms with Gasteiger partial charge in [-0.3, -0.25) is 4.79 Å². The molecule has 3 rings (SSSR count). The number of rotatable bonds is 5. The van der Waals surface area contributed by atoms with Gasteiger partial charge in [-0.2, -0.15) is 0 Å². The molecule has 0 N–H and O–H groups in total. The molecule has 2 aromatic carbocycles. The Morgan fingerprint density at radius 1 is 0.875 bits per heavy atom. The van der Waals surface area contributed by atoms with E-state index in [4.69, 9.17) is 0 Å². The molecule has 0 spiro atoms. The number of Topliss-reactive ketones (excluding diaryl/α,β-unsaturated/α-hetero) is 1. The van der Waals surface area contributed by atoms with Crippen molar-refractivity contribution in [2.75, 3.05) is 0 Å². The molecule has 1 heterocycles. The fourth-order valence-electron chi connectivity index (χ4n) is 2.51. The molecule has 0 aliphatic carbocycles. The first kappa shape index (κ1) is 16.4. The lowest BCUT2D eigenvalue weighted by atomic mass is 10.0. The van der Waals surface area contributed by atoms with Crippen molar-refractivity contribution in [3.63, 3.8) is 0 Å². The quantitative estimate of drug-likeness (QED) is 0.381. The van der Waals surface area contributed by atoms with E-state index >= 15 is 0 Å². The van der Waals surface area contributed by atoms with E-state index < -0.39 is 0 Å². The minimum Gasteiger partial charge on any atom is -0.293 e. The first-order chi connectivity index (χ1) is 11.6. The molecule has 3 aromatic rings. The van der Waals surface area contributed by atoms with E-state index in [0.717, 1.165) is 17.0 Å². The Morgan fingerprint density at radius 2 is 1.42 bits per heavy atom. The Balaban J connectivity index is 1.98. The van der Waals surface area contributed by atoms with E-state index in [1.54, 1.807) is 0 Å². The zero-order valence-electron chi connectivity index (χ0n) is 13.6. The van der Waals surface area contributed by atoms with Crippen LogP contribution in [0, 0.1) is 13.8 Å². The highest BCUT2D eigenvalue weighted by molar-refractivity contribution is 8.00. The van der Waals surface area contributed by atoms with Gasteiger partial charge in [0.25, 0.3) is 0 Å². The van der Waals surface area contributed by atoms with Crippen LogP contribution in [0.1, 0.15) is 32.6 Å². The Kier molecular flexibility index (Phi) is 5.06. The lowest BCUT2D eigenvalue weighted by Gasteiger charge is -2.15. The van der Waals surface area contributed by atoms with Crippen LogP contribution >= 0.6 is 11.8 Å². The van der Waals surface area contributed by atoms with Crippen LogP contribution in [-0.4, -0.2) is 15.8 Å². The van der Waals surface area contributed by atoms with Crippen LogP contribution in [0.5, 0.6) is 0 Å². The zero-order valence-corrected chi connectivity index (χ0v) is 14.5. The molecule has 0 saturated carbocycles. The molecule has 0 bridgehead atoms. The van der Waals surface area contributed by atoms with E-state index in [1.807, 2.05) is 80.6 Å². The van der Waals surface area contributed by atoms with Gasteiger partial charge >= 0.3 is 0 Å².